The highest BCUT2D eigenvalue weighted by atomic mass is 32.2. The number of thiophene rings is 1. The van der Waals surface area contributed by atoms with E-state index in [1.54, 1.807) is 17.6 Å². The molecule has 2 heterocycles. The Labute approximate surface area is 94.8 Å². The molecule has 1 saturated heterocycles. The van der Waals surface area contributed by atoms with Crippen molar-refractivity contribution in [1.82, 2.24) is 5.01 Å². The summed E-state index contributed by atoms with van der Waals surface area (Å²) in [5, 5.41) is 7.27. The van der Waals surface area contributed by atoms with Gasteiger partial charge in [-0.1, -0.05) is 30.0 Å². The average Bonchev–Trinajstić information content (AvgIpc) is 2.76. The van der Waals surface area contributed by atoms with Gasteiger partial charge in [-0.3, -0.25) is 4.79 Å². The van der Waals surface area contributed by atoms with Crippen molar-refractivity contribution in [2.24, 2.45) is 5.10 Å². The lowest BCUT2D eigenvalue weighted by Crippen LogP contribution is -2.22. The molecular weight excluding hydrogens is 236 g/mol. The number of nitrogens with zero attached hydrogens (tertiary/aromatic N) is 2. The minimum Gasteiger partial charge on any atom is -0.272 e. The molecule has 0 radical (unpaired) electrons. The van der Waals surface area contributed by atoms with Crippen molar-refractivity contribution in [3.8, 4) is 0 Å². The predicted molar refractivity (Wildman–Crippen MR) is 63.8 cm³/mol. The van der Waals surface area contributed by atoms with Crippen LogP contribution in [0.4, 0.5) is 0 Å². The maximum Gasteiger partial charge on any atom is 0.259 e. The smallest absolute Gasteiger partial charge is 0.259 e. The Morgan fingerprint density at radius 3 is 3.07 bits per heavy atom. The summed E-state index contributed by atoms with van der Waals surface area (Å²) in [6.45, 7) is 0. The number of hydrazone groups is 1. The lowest BCUT2D eigenvalue weighted by Gasteiger charge is -2.05. The number of carbonyl (C=O) groups excluding carboxylic acids is 1. The molecule has 1 aromatic rings. The van der Waals surface area contributed by atoms with Gasteiger partial charge in [0.2, 0.25) is 0 Å². The molecule has 0 N–H and O–H groups in total. The number of carbonyl (C=O) groups is 1. The molecule has 0 spiro atoms. The molecule has 14 heavy (non-hydrogen) atoms. The van der Waals surface area contributed by atoms with Gasteiger partial charge >= 0.3 is 0 Å². The maximum atomic E-state index is 11.3. The molecule has 1 aromatic heterocycles. The zero-order valence-electron chi connectivity index (χ0n) is 7.04. The molecule has 1 amide bonds. The van der Waals surface area contributed by atoms with Gasteiger partial charge in [0.15, 0.2) is 4.32 Å². The first-order valence-corrected chi connectivity index (χ1v) is 6.12. The van der Waals surface area contributed by atoms with Gasteiger partial charge in [-0.05, 0) is 11.4 Å². The van der Waals surface area contributed by atoms with E-state index in [9.17, 15) is 4.79 Å². The second-order valence-electron chi connectivity index (χ2n) is 2.52. The number of hydrogen-bond donors (Lipinski definition) is 0. The van der Waals surface area contributed by atoms with Gasteiger partial charge in [0.05, 0.1) is 12.0 Å². The van der Waals surface area contributed by atoms with Gasteiger partial charge in [-0.15, -0.1) is 11.3 Å². The summed E-state index contributed by atoms with van der Waals surface area (Å²) in [7, 11) is 0. The molecule has 1 aliphatic heterocycles. The third kappa shape index (κ3) is 2.02. The second-order valence-corrected chi connectivity index (χ2v) is 5.11. The lowest BCUT2D eigenvalue weighted by molar-refractivity contribution is -0.123. The first-order chi connectivity index (χ1) is 6.77. The summed E-state index contributed by atoms with van der Waals surface area (Å²) >= 11 is 7.89. The normalized spacial score (nSPS) is 17.3. The molecule has 1 fully saturated rings. The molecule has 6 heteroatoms. The summed E-state index contributed by atoms with van der Waals surface area (Å²) in [5.41, 5.74) is 0. The zero-order chi connectivity index (χ0) is 9.97. The quantitative estimate of drug-likeness (QED) is 0.587. The molecule has 0 aliphatic carbocycles. The monoisotopic (exact) mass is 242 g/mol. The van der Waals surface area contributed by atoms with E-state index < -0.39 is 0 Å². The van der Waals surface area contributed by atoms with Crippen molar-refractivity contribution >= 4 is 51.8 Å². The molecule has 3 nitrogen and oxygen atoms in total. The zero-order valence-corrected chi connectivity index (χ0v) is 9.49. The molecule has 0 aromatic carbocycles. The third-order valence-electron chi connectivity index (χ3n) is 1.57. The second kappa shape index (κ2) is 4.20. The molecule has 0 bridgehead atoms. The summed E-state index contributed by atoms with van der Waals surface area (Å²) < 4.78 is 0.530. The summed E-state index contributed by atoms with van der Waals surface area (Å²) in [5.74, 6) is 0.355. The van der Waals surface area contributed by atoms with E-state index in [4.69, 9.17) is 12.2 Å². The molecule has 2 rings (SSSR count). The minimum atomic E-state index is -0.0483. The Morgan fingerprint density at radius 1 is 1.64 bits per heavy atom. The van der Waals surface area contributed by atoms with Crippen LogP contribution >= 0.6 is 35.3 Å². The van der Waals surface area contributed by atoms with Crippen LogP contribution in [0.2, 0.25) is 0 Å². The number of thiocarbonyl (C=S) groups is 1. The molecule has 0 unspecified atom stereocenters. The van der Waals surface area contributed by atoms with Crippen molar-refractivity contribution in [2.75, 3.05) is 5.75 Å². The topological polar surface area (TPSA) is 32.7 Å². The molecule has 1 aliphatic rings. The van der Waals surface area contributed by atoms with Gasteiger partial charge in [-0.2, -0.15) is 10.1 Å². The van der Waals surface area contributed by atoms with Gasteiger partial charge < -0.3 is 0 Å². The van der Waals surface area contributed by atoms with Crippen LogP contribution in [-0.4, -0.2) is 27.2 Å². The lowest BCUT2D eigenvalue weighted by atomic mass is 10.5. The van der Waals surface area contributed by atoms with Crippen LogP contribution in [0.3, 0.4) is 0 Å². The fraction of sp³-hybridized carbons (Fsp3) is 0.125. The van der Waals surface area contributed by atoms with E-state index in [0.29, 0.717) is 10.1 Å². The van der Waals surface area contributed by atoms with Gasteiger partial charge in [0.1, 0.15) is 0 Å². The Morgan fingerprint density at radius 2 is 2.50 bits per heavy atom. The SMILES string of the molecule is O=C1CSC(=S)N1/N=C\c1cccs1. The highest BCUT2D eigenvalue weighted by Crippen LogP contribution is 2.19. The summed E-state index contributed by atoms with van der Waals surface area (Å²) in [6.07, 6.45) is 1.65. The molecule has 0 saturated carbocycles. The minimum absolute atomic E-state index is 0.0483. The Hall–Kier alpha value is -0.720. The summed E-state index contributed by atoms with van der Waals surface area (Å²) in [6, 6.07) is 3.87. The van der Waals surface area contributed by atoms with Crippen molar-refractivity contribution in [3.63, 3.8) is 0 Å². The van der Waals surface area contributed by atoms with Gasteiger partial charge in [0, 0.05) is 4.88 Å². The Bertz CT molecular complexity index is 369. The van der Waals surface area contributed by atoms with Crippen LogP contribution < -0.4 is 0 Å². The van der Waals surface area contributed by atoms with Crippen LogP contribution in [0.5, 0.6) is 0 Å². The van der Waals surface area contributed by atoms with E-state index in [-0.39, 0.29) is 5.91 Å². The fourth-order valence-electron chi connectivity index (χ4n) is 0.938. The largest absolute Gasteiger partial charge is 0.272 e. The Balaban J connectivity index is 2.10. The molecular formula is C8H6N2OS3. The highest BCUT2D eigenvalue weighted by Gasteiger charge is 2.25. The van der Waals surface area contributed by atoms with Crippen molar-refractivity contribution in [3.05, 3.63) is 22.4 Å². The van der Waals surface area contributed by atoms with E-state index >= 15 is 0 Å². The number of rotatable bonds is 2. The van der Waals surface area contributed by atoms with Crippen LogP contribution in [0, 0.1) is 0 Å². The van der Waals surface area contributed by atoms with Crippen molar-refractivity contribution in [1.29, 1.82) is 0 Å². The van der Waals surface area contributed by atoms with Gasteiger partial charge in [0.25, 0.3) is 5.91 Å². The first-order valence-electron chi connectivity index (χ1n) is 3.84. The molecule has 0 atom stereocenters. The van der Waals surface area contributed by atoms with Crippen molar-refractivity contribution < 1.29 is 4.79 Å². The van der Waals surface area contributed by atoms with E-state index in [1.807, 2.05) is 17.5 Å². The molecule has 72 valence electrons. The van der Waals surface area contributed by atoms with E-state index in [2.05, 4.69) is 5.10 Å². The van der Waals surface area contributed by atoms with E-state index in [0.717, 1.165) is 4.88 Å². The van der Waals surface area contributed by atoms with Crippen LogP contribution in [0.25, 0.3) is 0 Å². The number of amides is 1. The maximum absolute atomic E-state index is 11.3. The fourth-order valence-corrected chi connectivity index (χ4v) is 2.48. The van der Waals surface area contributed by atoms with Gasteiger partial charge in [-0.25, -0.2) is 0 Å². The van der Waals surface area contributed by atoms with Crippen LogP contribution in [-0.2, 0) is 4.79 Å². The standard InChI is InChI=1S/C8H6N2OS3/c11-7-5-14-8(12)10(7)9-4-6-2-1-3-13-6/h1-4H,5H2/b9-4-. The van der Waals surface area contributed by atoms with Crippen LogP contribution in [0.15, 0.2) is 22.6 Å². The van der Waals surface area contributed by atoms with Crippen molar-refractivity contribution in [2.45, 2.75) is 0 Å². The van der Waals surface area contributed by atoms with Crippen LogP contribution in [0.1, 0.15) is 4.88 Å². The first kappa shape index (κ1) is 9.82. The number of thioether (sulfide) groups is 1. The number of hydrogen-bond acceptors (Lipinski definition) is 5. The Kier molecular flexibility index (Phi) is 2.95. The highest BCUT2D eigenvalue weighted by molar-refractivity contribution is 8.23. The predicted octanol–water partition coefficient (Wildman–Crippen LogP) is 1.94. The van der Waals surface area contributed by atoms with E-state index in [1.165, 1.54) is 16.8 Å². The third-order valence-corrected chi connectivity index (χ3v) is 3.72. The summed E-state index contributed by atoms with van der Waals surface area (Å²) in [4.78, 5) is 12.3. The average molecular weight is 242 g/mol.